The smallest absolute Gasteiger partial charge is 0.0766 e. The molecule has 4 heteroatoms. The lowest BCUT2D eigenvalue weighted by Crippen LogP contribution is -2.32. The van der Waals surface area contributed by atoms with Gasteiger partial charge in [0.2, 0.25) is 0 Å². The van der Waals surface area contributed by atoms with E-state index < -0.39 is 0 Å². The van der Waals surface area contributed by atoms with Crippen LogP contribution in [-0.2, 0) is 19.4 Å². The maximum atomic E-state index is 4.72. The summed E-state index contributed by atoms with van der Waals surface area (Å²) < 4.78 is 3.40. The number of nitrogens with zero attached hydrogens (tertiary/aromatic N) is 2. The van der Waals surface area contributed by atoms with Gasteiger partial charge in [-0.05, 0) is 48.7 Å². The zero-order valence-corrected chi connectivity index (χ0v) is 15.8. The molecule has 21 heavy (non-hydrogen) atoms. The van der Waals surface area contributed by atoms with Gasteiger partial charge in [0.25, 0.3) is 0 Å². The van der Waals surface area contributed by atoms with Gasteiger partial charge in [-0.25, -0.2) is 0 Å². The molecular weight excluding hydrogens is 326 g/mol. The fourth-order valence-corrected chi connectivity index (χ4v) is 3.44. The van der Waals surface area contributed by atoms with Gasteiger partial charge in [-0.3, -0.25) is 4.68 Å². The van der Waals surface area contributed by atoms with Crippen molar-refractivity contribution < 1.29 is 0 Å². The minimum absolute atomic E-state index is 0.569. The number of aryl methyl sites for hydroxylation is 2. The third-order valence-corrected chi connectivity index (χ3v) is 4.89. The van der Waals surface area contributed by atoms with Crippen LogP contribution in [0.1, 0.15) is 71.2 Å². The monoisotopic (exact) mass is 357 g/mol. The van der Waals surface area contributed by atoms with Crippen LogP contribution < -0.4 is 5.32 Å². The van der Waals surface area contributed by atoms with Crippen molar-refractivity contribution in [2.24, 2.45) is 0 Å². The highest BCUT2D eigenvalue weighted by Gasteiger charge is 2.18. The fourth-order valence-electron chi connectivity index (χ4n) is 2.71. The highest BCUT2D eigenvalue weighted by atomic mass is 79.9. The molecule has 3 nitrogen and oxygen atoms in total. The number of aromatic nitrogens is 2. The second-order valence-corrected chi connectivity index (χ2v) is 6.52. The van der Waals surface area contributed by atoms with Gasteiger partial charge in [0, 0.05) is 19.0 Å². The highest BCUT2D eigenvalue weighted by Crippen LogP contribution is 2.24. The Labute approximate surface area is 139 Å². The molecule has 0 spiro atoms. The summed E-state index contributed by atoms with van der Waals surface area (Å²) in [5.41, 5.74) is 2.55. The molecule has 1 atom stereocenters. The molecule has 1 aromatic rings. The van der Waals surface area contributed by atoms with Crippen molar-refractivity contribution in [1.82, 2.24) is 15.1 Å². The number of hydrogen-bond acceptors (Lipinski definition) is 2. The van der Waals surface area contributed by atoms with Crippen molar-refractivity contribution in [2.75, 3.05) is 6.54 Å². The van der Waals surface area contributed by atoms with E-state index in [9.17, 15) is 0 Å². The van der Waals surface area contributed by atoms with Gasteiger partial charge >= 0.3 is 0 Å². The molecule has 1 rings (SSSR count). The molecule has 0 amide bonds. The average molecular weight is 358 g/mol. The lowest BCUT2D eigenvalue weighted by molar-refractivity contribution is 0.442. The number of rotatable bonds is 11. The maximum Gasteiger partial charge on any atom is 0.0766 e. The minimum Gasteiger partial charge on any atom is -0.314 e. The average Bonchev–Trinajstić information content (AvgIpc) is 2.80. The first-order chi connectivity index (χ1) is 10.2. The summed E-state index contributed by atoms with van der Waals surface area (Å²) in [7, 11) is 0. The van der Waals surface area contributed by atoms with Gasteiger partial charge in [0.15, 0.2) is 0 Å². The molecule has 1 heterocycles. The number of nitrogens with one attached hydrogen (secondary N) is 1. The largest absolute Gasteiger partial charge is 0.314 e. The van der Waals surface area contributed by atoms with E-state index in [4.69, 9.17) is 5.10 Å². The molecule has 122 valence electrons. The predicted molar refractivity (Wildman–Crippen MR) is 94.9 cm³/mol. The molecule has 1 unspecified atom stereocenters. The Morgan fingerprint density at radius 3 is 2.48 bits per heavy atom. The zero-order valence-electron chi connectivity index (χ0n) is 14.2. The van der Waals surface area contributed by atoms with Gasteiger partial charge in [-0.15, -0.1) is 0 Å². The second kappa shape index (κ2) is 10.4. The second-order valence-electron chi connectivity index (χ2n) is 5.73. The van der Waals surface area contributed by atoms with Crippen LogP contribution in [-0.4, -0.2) is 22.4 Å². The summed E-state index contributed by atoms with van der Waals surface area (Å²) in [5.74, 6) is 0. The molecule has 0 bridgehead atoms. The third kappa shape index (κ3) is 5.74. The Morgan fingerprint density at radius 1 is 1.14 bits per heavy atom. The van der Waals surface area contributed by atoms with Crippen LogP contribution in [0.15, 0.2) is 4.47 Å². The summed E-state index contributed by atoms with van der Waals surface area (Å²) in [5, 5.41) is 8.44. The van der Waals surface area contributed by atoms with Gasteiger partial charge in [0.1, 0.15) is 0 Å². The van der Waals surface area contributed by atoms with E-state index in [0.29, 0.717) is 6.04 Å². The predicted octanol–water partition coefficient (Wildman–Crippen LogP) is 4.72. The maximum absolute atomic E-state index is 4.72. The molecule has 0 fully saturated rings. The number of unbranched alkanes of at least 4 members (excludes halogenated alkanes) is 2. The summed E-state index contributed by atoms with van der Waals surface area (Å²) in [4.78, 5) is 0. The van der Waals surface area contributed by atoms with E-state index in [0.717, 1.165) is 25.9 Å². The fraction of sp³-hybridized carbons (Fsp3) is 0.824. The van der Waals surface area contributed by atoms with Gasteiger partial charge in [-0.2, -0.15) is 5.10 Å². The normalized spacial score (nSPS) is 12.8. The molecule has 0 aliphatic rings. The minimum atomic E-state index is 0.569. The molecule has 0 aliphatic carbocycles. The van der Waals surface area contributed by atoms with Gasteiger partial charge in [-0.1, -0.05) is 40.0 Å². The van der Waals surface area contributed by atoms with Crippen LogP contribution in [0, 0.1) is 0 Å². The van der Waals surface area contributed by atoms with Crippen molar-refractivity contribution in [3.05, 3.63) is 15.9 Å². The molecule has 0 saturated carbocycles. The lowest BCUT2D eigenvalue weighted by Gasteiger charge is -2.19. The highest BCUT2D eigenvalue weighted by molar-refractivity contribution is 9.10. The molecule has 1 aromatic heterocycles. The van der Waals surface area contributed by atoms with E-state index in [1.807, 2.05) is 0 Å². The van der Waals surface area contributed by atoms with Crippen molar-refractivity contribution in [2.45, 2.75) is 85.2 Å². The third-order valence-electron chi connectivity index (χ3n) is 3.97. The van der Waals surface area contributed by atoms with Crippen LogP contribution >= 0.6 is 15.9 Å². The van der Waals surface area contributed by atoms with Gasteiger partial charge in [0.05, 0.1) is 15.9 Å². The van der Waals surface area contributed by atoms with Crippen molar-refractivity contribution in [3.8, 4) is 0 Å². The molecule has 0 radical (unpaired) electrons. The van der Waals surface area contributed by atoms with E-state index in [1.165, 1.54) is 48.0 Å². The van der Waals surface area contributed by atoms with Crippen molar-refractivity contribution in [1.29, 1.82) is 0 Å². The summed E-state index contributed by atoms with van der Waals surface area (Å²) >= 11 is 3.77. The zero-order chi connectivity index (χ0) is 15.7. The quantitative estimate of drug-likeness (QED) is 0.580. The number of hydrogen-bond donors (Lipinski definition) is 1. The molecular formula is C17H32BrN3. The first-order valence-electron chi connectivity index (χ1n) is 8.65. The van der Waals surface area contributed by atoms with Crippen LogP contribution in [0.5, 0.6) is 0 Å². The van der Waals surface area contributed by atoms with E-state index in [-0.39, 0.29) is 0 Å². The van der Waals surface area contributed by atoms with Gasteiger partial charge < -0.3 is 5.32 Å². The Morgan fingerprint density at radius 2 is 1.90 bits per heavy atom. The molecule has 0 aromatic carbocycles. The van der Waals surface area contributed by atoms with Crippen LogP contribution in [0.3, 0.4) is 0 Å². The van der Waals surface area contributed by atoms with E-state index in [2.05, 4.69) is 53.6 Å². The van der Waals surface area contributed by atoms with E-state index >= 15 is 0 Å². The Hall–Kier alpha value is -0.350. The van der Waals surface area contributed by atoms with Crippen LogP contribution in [0.2, 0.25) is 0 Å². The topological polar surface area (TPSA) is 29.9 Å². The molecule has 1 N–H and O–H groups in total. The van der Waals surface area contributed by atoms with Crippen molar-refractivity contribution >= 4 is 15.9 Å². The first-order valence-corrected chi connectivity index (χ1v) is 9.44. The number of halogens is 1. The first kappa shape index (κ1) is 18.7. The lowest BCUT2D eigenvalue weighted by atomic mass is 10.0. The Balaban J connectivity index is 2.78. The molecule has 0 saturated heterocycles. The standard InChI is InChI=1S/C17H32BrN3/c1-5-9-10-11-14(19-12-6-2)13-16-17(18)15(7-3)20-21(16)8-4/h14,19H,5-13H2,1-4H3. The van der Waals surface area contributed by atoms with E-state index in [1.54, 1.807) is 0 Å². The summed E-state index contributed by atoms with van der Waals surface area (Å²) in [6.07, 6.45) is 8.45. The Kier molecular flexibility index (Phi) is 9.25. The Bertz CT molecular complexity index is 401. The SMILES string of the molecule is CCCCCC(Cc1c(Br)c(CC)nn1CC)NCCC. The summed E-state index contributed by atoms with van der Waals surface area (Å²) in [6, 6.07) is 0.569. The molecule has 0 aliphatic heterocycles. The van der Waals surface area contributed by atoms with Crippen LogP contribution in [0.4, 0.5) is 0 Å². The summed E-state index contributed by atoms with van der Waals surface area (Å²) in [6.45, 7) is 10.9. The van der Waals surface area contributed by atoms with Crippen molar-refractivity contribution in [3.63, 3.8) is 0 Å². The van der Waals surface area contributed by atoms with Crippen LogP contribution in [0.25, 0.3) is 0 Å².